The minimum atomic E-state index is -0.0520. The number of phenolic OH excluding ortho intramolecular Hbond substituents is 1. The highest BCUT2D eigenvalue weighted by Crippen LogP contribution is 2.41. The van der Waals surface area contributed by atoms with Gasteiger partial charge in [-0.3, -0.25) is 0 Å². The van der Waals surface area contributed by atoms with E-state index in [0.717, 1.165) is 24.8 Å². The predicted octanol–water partition coefficient (Wildman–Crippen LogP) is 2.20. The smallest absolute Gasteiger partial charge is 0.172 e. The first-order valence-electron chi connectivity index (χ1n) is 4.89. The van der Waals surface area contributed by atoms with Crippen LogP contribution in [-0.4, -0.2) is 17.8 Å². The molecule has 82 valence electrons. The molecule has 3 nitrogen and oxygen atoms in total. The van der Waals surface area contributed by atoms with Crippen LogP contribution >= 0.6 is 15.9 Å². The van der Waals surface area contributed by atoms with Gasteiger partial charge in [0.25, 0.3) is 0 Å². The summed E-state index contributed by atoms with van der Waals surface area (Å²) in [6, 6.07) is 3.71. The summed E-state index contributed by atoms with van der Waals surface area (Å²) in [5.41, 5.74) is 7.02. The molecule has 0 heterocycles. The molecular weight excluding hydrogens is 258 g/mol. The van der Waals surface area contributed by atoms with Crippen LogP contribution in [0.5, 0.6) is 11.5 Å². The molecule has 3 N–H and O–H groups in total. The van der Waals surface area contributed by atoms with Crippen LogP contribution in [0.2, 0.25) is 0 Å². The molecule has 1 aliphatic carbocycles. The van der Waals surface area contributed by atoms with Gasteiger partial charge in [-0.2, -0.15) is 0 Å². The van der Waals surface area contributed by atoms with Gasteiger partial charge in [-0.25, -0.2) is 0 Å². The lowest BCUT2D eigenvalue weighted by Crippen LogP contribution is -2.24. The Hall–Kier alpha value is -0.740. The van der Waals surface area contributed by atoms with Crippen molar-refractivity contribution in [2.24, 2.45) is 5.73 Å². The van der Waals surface area contributed by atoms with Gasteiger partial charge < -0.3 is 15.6 Å². The van der Waals surface area contributed by atoms with Gasteiger partial charge in [0.05, 0.1) is 11.6 Å². The Balaban J connectivity index is 2.29. The van der Waals surface area contributed by atoms with Crippen molar-refractivity contribution in [1.29, 1.82) is 0 Å². The Morgan fingerprint density at radius 1 is 1.53 bits per heavy atom. The van der Waals surface area contributed by atoms with Crippen LogP contribution in [0.4, 0.5) is 0 Å². The van der Waals surface area contributed by atoms with Gasteiger partial charge in [-0.05, 0) is 46.8 Å². The van der Waals surface area contributed by atoms with E-state index in [1.54, 1.807) is 6.07 Å². The van der Waals surface area contributed by atoms with Crippen molar-refractivity contribution in [3.63, 3.8) is 0 Å². The second-order valence-electron chi connectivity index (χ2n) is 4.13. The molecule has 1 aromatic rings. The fraction of sp³-hybridized carbons (Fsp3) is 0.455. The maximum atomic E-state index is 9.78. The zero-order valence-electron chi connectivity index (χ0n) is 8.59. The Morgan fingerprint density at radius 3 is 2.73 bits per heavy atom. The van der Waals surface area contributed by atoms with E-state index in [2.05, 4.69) is 15.9 Å². The van der Waals surface area contributed by atoms with Crippen molar-refractivity contribution in [2.45, 2.75) is 24.8 Å². The number of phenols is 1. The number of halogens is 1. The van der Waals surface area contributed by atoms with Crippen molar-refractivity contribution in [1.82, 2.24) is 0 Å². The van der Waals surface area contributed by atoms with Crippen LogP contribution < -0.4 is 10.5 Å². The molecule has 1 aromatic carbocycles. The second kappa shape index (κ2) is 3.68. The average molecular weight is 272 g/mol. The first-order chi connectivity index (χ1) is 7.06. The second-order valence-corrected chi connectivity index (χ2v) is 4.92. The zero-order chi connectivity index (χ0) is 11.1. The molecule has 2 rings (SSSR count). The quantitative estimate of drug-likeness (QED) is 0.886. The molecule has 1 fully saturated rings. The van der Waals surface area contributed by atoms with Crippen LogP contribution in [0.1, 0.15) is 18.4 Å². The molecule has 0 aromatic heterocycles. The molecule has 0 aliphatic heterocycles. The zero-order valence-corrected chi connectivity index (χ0v) is 10.2. The SMILES string of the molecule is COc1ccc(CC2(N)CC2)c(Br)c1O. The van der Waals surface area contributed by atoms with Crippen LogP contribution in [0, 0.1) is 0 Å². The molecule has 0 bridgehead atoms. The summed E-state index contributed by atoms with van der Waals surface area (Å²) in [4.78, 5) is 0. The first-order valence-corrected chi connectivity index (χ1v) is 5.68. The molecule has 0 unspecified atom stereocenters. The number of methoxy groups -OCH3 is 1. The number of hydrogen-bond donors (Lipinski definition) is 2. The standard InChI is InChI=1S/C11H14BrNO2/c1-15-8-3-2-7(9(12)10(8)14)6-11(13)4-5-11/h2-3,14H,4-6,13H2,1H3. The third kappa shape index (κ3) is 2.11. The van der Waals surface area contributed by atoms with E-state index >= 15 is 0 Å². The molecule has 0 saturated heterocycles. The fourth-order valence-corrected chi connectivity index (χ4v) is 2.07. The van der Waals surface area contributed by atoms with Crippen LogP contribution in [-0.2, 0) is 6.42 Å². The highest BCUT2D eigenvalue weighted by molar-refractivity contribution is 9.10. The summed E-state index contributed by atoms with van der Waals surface area (Å²) < 4.78 is 5.71. The Kier molecular flexibility index (Phi) is 2.64. The average Bonchev–Trinajstić information content (AvgIpc) is 2.92. The van der Waals surface area contributed by atoms with E-state index in [0.29, 0.717) is 10.2 Å². The summed E-state index contributed by atoms with van der Waals surface area (Å²) in [5, 5.41) is 9.78. The maximum Gasteiger partial charge on any atom is 0.172 e. The number of rotatable bonds is 3. The van der Waals surface area contributed by atoms with Crippen molar-refractivity contribution in [3.05, 3.63) is 22.2 Å². The normalized spacial score (nSPS) is 17.5. The Bertz CT molecular complexity index is 388. The summed E-state index contributed by atoms with van der Waals surface area (Å²) in [5.74, 6) is 0.631. The van der Waals surface area contributed by atoms with E-state index in [9.17, 15) is 5.11 Å². The van der Waals surface area contributed by atoms with Crippen molar-refractivity contribution in [2.75, 3.05) is 7.11 Å². The number of ether oxygens (including phenoxy) is 1. The molecule has 1 saturated carbocycles. The molecule has 1 aliphatic rings. The molecule has 0 spiro atoms. The summed E-state index contributed by atoms with van der Waals surface area (Å²) in [7, 11) is 1.53. The van der Waals surface area contributed by atoms with Gasteiger partial charge in [-0.15, -0.1) is 0 Å². The molecule has 15 heavy (non-hydrogen) atoms. The van der Waals surface area contributed by atoms with E-state index in [1.807, 2.05) is 6.07 Å². The summed E-state index contributed by atoms with van der Waals surface area (Å²) in [6.07, 6.45) is 2.92. The minimum Gasteiger partial charge on any atom is -0.503 e. The highest BCUT2D eigenvalue weighted by atomic mass is 79.9. The van der Waals surface area contributed by atoms with Crippen molar-refractivity contribution in [3.8, 4) is 11.5 Å². The van der Waals surface area contributed by atoms with E-state index in [4.69, 9.17) is 10.5 Å². The molecular formula is C11H14BrNO2. The lowest BCUT2D eigenvalue weighted by Gasteiger charge is -2.13. The van der Waals surface area contributed by atoms with Gasteiger partial charge >= 0.3 is 0 Å². The molecule has 0 atom stereocenters. The maximum absolute atomic E-state index is 9.78. The van der Waals surface area contributed by atoms with Crippen molar-refractivity contribution >= 4 is 15.9 Å². The van der Waals surface area contributed by atoms with Crippen LogP contribution in [0.25, 0.3) is 0 Å². The topological polar surface area (TPSA) is 55.5 Å². The predicted molar refractivity (Wildman–Crippen MR) is 62.2 cm³/mol. The fourth-order valence-electron chi connectivity index (χ4n) is 1.61. The van der Waals surface area contributed by atoms with Gasteiger partial charge in [0.15, 0.2) is 11.5 Å². The Morgan fingerprint density at radius 2 is 2.20 bits per heavy atom. The largest absolute Gasteiger partial charge is 0.503 e. The van der Waals surface area contributed by atoms with Crippen LogP contribution in [0.15, 0.2) is 16.6 Å². The monoisotopic (exact) mass is 271 g/mol. The highest BCUT2D eigenvalue weighted by Gasteiger charge is 2.38. The number of aromatic hydroxyl groups is 1. The van der Waals surface area contributed by atoms with E-state index < -0.39 is 0 Å². The number of hydrogen-bond acceptors (Lipinski definition) is 3. The van der Waals surface area contributed by atoms with Crippen LogP contribution in [0.3, 0.4) is 0 Å². The molecule has 4 heteroatoms. The van der Waals surface area contributed by atoms with E-state index in [-0.39, 0.29) is 11.3 Å². The van der Waals surface area contributed by atoms with Gasteiger partial charge in [0.2, 0.25) is 0 Å². The minimum absolute atomic E-state index is 0.0520. The first kappa shape index (κ1) is 10.8. The third-order valence-corrected chi connectivity index (χ3v) is 3.70. The molecule has 0 amide bonds. The van der Waals surface area contributed by atoms with Gasteiger partial charge in [-0.1, -0.05) is 6.07 Å². The van der Waals surface area contributed by atoms with Gasteiger partial charge in [0.1, 0.15) is 0 Å². The summed E-state index contributed by atoms with van der Waals surface area (Å²) in [6.45, 7) is 0. The van der Waals surface area contributed by atoms with Gasteiger partial charge in [0, 0.05) is 5.54 Å². The number of benzene rings is 1. The molecule has 0 radical (unpaired) electrons. The third-order valence-electron chi connectivity index (χ3n) is 2.81. The summed E-state index contributed by atoms with van der Waals surface area (Å²) >= 11 is 3.37. The van der Waals surface area contributed by atoms with E-state index in [1.165, 1.54) is 7.11 Å². The number of nitrogens with two attached hydrogens (primary N) is 1. The lowest BCUT2D eigenvalue weighted by molar-refractivity contribution is 0.371. The van der Waals surface area contributed by atoms with Crippen molar-refractivity contribution < 1.29 is 9.84 Å². The Labute approximate surface area is 97.4 Å². The lowest BCUT2D eigenvalue weighted by atomic mass is 10.0.